The van der Waals surface area contributed by atoms with Crippen LogP contribution in [0, 0.1) is 5.92 Å². The first kappa shape index (κ1) is 21.9. The highest BCUT2D eigenvalue weighted by atomic mass is 16.5. The summed E-state index contributed by atoms with van der Waals surface area (Å²) >= 11 is 0. The second-order valence-corrected chi connectivity index (χ2v) is 7.85. The van der Waals surface area contributed by atoms with Gasteiger partial charge in [-0.1, -0.05) is 43.6 Å². The number of benzene rings is 1. The molecule has 2 unspecified atom stereocenters. The van der Waals surface area contributed by atoms with Crippen LogP contribution in [0.15, 0.2) is 29.9 Å². The van der Waals surface area contributed by atoms with Gasteiger partial charge in [0.1, 0.15) is 5.75 Å². The monoisotopic (exact) mass is 384 g/mol. The van der Waals surface area contributed by atoms with Gasteiger partial charge in [-0.25, -0.2) is 4.79 Å². The minimum atomic E-state index is -1.05. The Morgan fingerprint density at radius 1 is 1.39 bits per heavy atom. The van der Waals surface area contributed by atoms with Gasteiger partial charge in [-0.2, -0.15) is 0 Å². The average molecular weight is 385 g/mol. The minimum Gasteiger partial charge on any atom is -0.496 e. The minimum absolute atomic E-state index is 0.107. The predicted molar refractivity (Wildman–Crippen MR) is 113 cm³/mol. The van der Waals surface area contributed by atoms with E-state index in [1.165, 1.54) is 5.57 Å². The number of aromatic carboxylic acids is 1. The van der Waals surface area contributed by atoms with Crippen LogP contribution in [0.1, 0.15) is 90.6 Å². The molecule has 1 aromatic rings. The molecule has 0 aliphatic heterocycles. The zero-order valence-electron chi connectivity index (χ0n) is 17.5. The van der Waals surface area contributed by atoms with E-state index in [0.29, 0.717) is 29.6 Å². The number of methoxy groups -OCH3 is 1. The van der Waals surface area contributed by atoms with E-state index in [4.69, 9.17) is 4.74 Å². The number of ether oxygens (including phenoxy) is 1. The van der Waals surface area contributed by atoms with Crippen molar-refractivity contribution in [1.29, 1.82) is 0 Å². The van der Waals surface area contributed by atoms with E-state index in [0.717, 1.165) is 37.7 Å². The first-order valence-corrected chi connectivity index (χ1v) is 10.1. The van der Waals surface area contributed by atoms with Gasteiger partial charge in [-0.15, -0.1) is 0 Å². The van der Waals surface area contributed by atoms with E-state index in [9.17, 15) is 14.7 Å². The first-order chi connectivity index (χ1) is 13.3. The van der Waals surface area contributed by atoms with E-state index in [-0.39, 0.29) is 23.0 Å². The van der Waals surface area contributed by atoms with E-state index < -0.39 is 5.97 Å². The highest BCUT2D eigenvalue weighted by molar-refractivity contribution is 6.00. The van der Waals surface area contributed by atoms with Crippen molar-refractivity contribution in [3.05, 3.63) is 52.1 Å². The fourth-order valence-corrected chi connectivity index (χ4v) is 4.31. The number of rotatable bonds is 9. The Kier molecular flexibility index (Phi) is 7.61. The molecule has 0 aromatic heterocycles. The van der Waals surface area contributed by atoms with Gasteiger partial charge in [-0.3, -0.25) is 4.79 Å². The summed E-state index contributed by atoms with van der Waals surface area (Å²) in [6.45, 7) is 10.3. The number of aryl methyl sites for hydroxylation is 1. The van der Waals surface area contributed by atoms with Crippen LogP contribution in [0.4, 0.5) is 0 Å². The zero-order chi connectivity index (χ0) is 20.8. The number of carboxylic acid groups (broad SMARTS) is 1. The molecule has 0 bridgehead atoms. The summed E-state index contributed by atoms with van der Waals surface area (Å²) in [4.78, 5) is 24.3. The molecule has 1 aromatic carbocycles. The lowest BCUT2D eigenvalue weighted by atomic mass is 9.72. The second-order valence-electron chi connectivity index (χ2n) is 7.85. The van der Waals surface area contributed by atoms with Gasteiger partial charge in [-0.05, 0) is 57.1 Å². The van der Waals surface area contributed by atoms with Crippen LogP contribution in [0.2, 0.25) is 0 Å². The molecule has 0 radical (unpaired) electrons. The van der Waals surface area contributed by atoms with E-state index in [1.54, 1.807) is 7.11 Å². The Labute approximate surface area is 168 Å². The smallest absolute Gasteiger partial charge is 0.336 e. The van der Waals surface area contributed by atoms with Crippen molar-refractivity contribution in [2.24, 2.45) is 5.92 Å². The fourth-order valence-electron chi connectivity index (χ4n) is 4.31. The number of hydrogen-bond acceptors (Lipinski definition) is 3. The molecule has 0 spiro atoms. The van der Waals surface area contributed by atoms with Gasteiger partial charge in [0, 0.05) is 17.0 Å². The summed E-state index contributed by atoms with van der Waals surface area (Å²) in [5.74, 6) is -0.408. The van der Waals surface area contributed by atoms with Crippen molar-refractivity contribution >= 4 is 12.3 Å². The van der Waals surface area contributed by atoms with Gasteiger partial charge in [0.05, 0.1) is 12.7 Å². The maximum atomic E-state index is 12.1. The maximum absolute atomic E-state index is 12.1. The number of allylic oxidation sites excluding steroid dienone is 3. The van der Waals surface area contributed by atoms with Crippen molar-refractivity contribution in [3.63, 3.8) is 0 Å². The summed E-state index contributed by atoms with van der Waals surface area (Å²) in [7, 11) is 1.58. The van der Waals surface area contributed by atoms with Crippen molar-refractivity contribution in [3.8, 4) is 5.75 Å². The topological polar surface area (TPSA) is 63.6 Å². The largest absolute Gasteiger partial charge is 0.496 e. The standard InChI is InChI=1S/C24H32O4/c1-6-7-8-9-17-13-21(28-5)23(20(14-25)22(17)24(26)27)19-12-16(4)10-11-18(19)15(2)3/h12-14,18-19H,2,6-11H2,1,3-5H3,(H,26,27). The summed E-state index contributed by atoms with van der Waals surface area (Å²) < 4.78 is 5.68. The van der Waals surface area contributed by atoms with Crippen molar-refractivity contribution < 1.29 is 19.4 Å². The molecule has 4 heteroatoms. The Bertz CT molecular complexity index is 788. The van der Waals surface area contributed by atoms with Gasteiger partial charge < -0.3 is 9.84 Å². The van der Waals surface area contributed by atoms with Crippen LogP contribution in [0.3, 0.4) is 0 Å². The van der Waals surface area contributed by atoms with E-state index in [1.807, 2.05) is 13.0 Å². The third kappa shape index (κ3) is 4.54. The van der Waals surface area contributed by atoms with E-state index >= 15 is 0 Å². The molecule has 2 rings (SSSR count). The number of unbranched alkanes of at least 4 members (excludes halogenated alkanes) is 2. The number of carbonyl (C=O) groups is 2. The first-order valence-electron chi connectivity index (χ1n) is 10.1. The molecule has 0 fully saturated rings. The summed E-state index contributed by atoms with van der Waals surface area (Å²) in [6.07, 6.45) is 8.32. The highest BCUT2D eigenvalue weighted by Gasteiger charge is 2.33. The second kappa shape index (κ2) is 9.72. The molecule has 2 atom stereocenters. The third-order valence-electron chi connectivity index (χ3n) is 5.77. The quantitative estimate of drug-likeness (QED) is 0.324. The highest BCUT2D eigenvalue weighted by Crippen LogP contribution is 2.45. The predicted octanol–water partition coefficient (Wildman–Crippen LogP) is 5.95. The molecule has 1 aliphatic carbocycles. The van der Waals surface area contributed by atoms with Gasteiger partial charge in [0.2, 0.25) is 0 Å². The molecule has 1 N–H and O–H groups in total. The van der Waals surface area contributed by atoms with Gasteiger partial charge in [0.15, 0.2) is 6.29 Å². The lowest BCUT2D eigenvalue weighted by Crippen LogP contribution is -2.21. The number of carboxylic acids is 1. The van der Waals surface area contributed by atoms with Crippen molar-refractivity contribution in [2.75, 3.05) is 7.11 Å². The number of hydrogen-bond donors (Lipinski definition) is 1. The Morgan fingerprint density at radius 2 is 2.11 bits per heavy atom. The summed E-state index contributed by atoms with van der Waals surface area (Å²) in [5.41, 5.74) is 4.01. The molecule has 0 heterocycles. The molecule has 28 heavy (non-hydrogen) atoms. The molecular weight excluding hydrogens is 352 g/mol. The summed E-state index contributed by atoms with van der Waals surface area (Å²) in [6, 6.07) is 1.83. The van der Waals surface area contributed by atoms with Crippen molar-refractivity contribution in [2.45, 2.75) is 65.2 Å². The third-order valence-corrected chi connectivity index (χ3v) is 5.77. The zero-order valence-corrected chi connectivity index (χ0v) is 17.5. The fraction of sp³-hybridized carbons (Fsp3) is 0.500. The SMILES string of the molecule is C=C(C)C1CCC(C)=CC1c1c(OC)cc(CCCCC)c(C(=O)O)c1C=O. The average Bonchev–Trinajstić information content (AvgIpc) is 2.66. The van der Waals surface area contributed by atoms with Crippen LogP contribution >= 0.6 is 0 Å². The normalized spacial score (nSPS) is 19.1. The lowest BCUT2D eigenvalue weighted by molar-refractivity contribution is 0.0692. The Balaban J connectivity index is 2.73. The van der Waals surface area contributed by atoms with Gasteiger partial charge >= 0.3 is 5.97 Å². The van der Waals surface area contributed by atoms with Crippen LogP contribution in [0.25, 0.3) is 0 Å². The van der Waals surface area contributed by atoms with Crippen LogP contribution in [-0.4, -0.2) is 24.5 Å². The molecule has 152 valence electrons. The Morgan fingerprint density at radius 3 is 2.64 bits per heavy atom. The molecular formula is C24H32O4. The molecule has 0 saturated heterocycles. The maximum Gasteiger partial charge on any atom is 0.336 e. The molecule has 1 aliphatic rings. The van der Waals surface area contributed by atoms with Gasteiger partial charge in [0.25, 0.3) is 0 Å². The Hall–Kier alpha value is -2.36. The molecule has 0 saturated carbocycles. The lowest BCUT2D eigenvalue weighted by Gasteiger charge is -2.33. The number of carbonyl (C=O) groups excluding carboxylic acids is 1. The molecule has 0 amide bonds. The van der Waals surface area contributed by atoms with Crippen LogP contribution in [-0.2, 0) is 6.42 Å². The van der Waals surface area contributed by atoms with Crippen LogP contribution in [0.5, 0.6) is 5.75 Å². The van der Waals surface area contributed by atoms with Crippen molar-refractivity contribution in [1.82, 2.24) is 0 Å². The van der Waals surface area contributed by atoms with Crippen LogP contribution < -0.4 is 4.74 Å². The van der Waals surface area contributed by atoms with E-state index in [2.05, 4.69) is 26.5 Å². The summed E-state index contributed by atoms with van der Waals surface area (Å²) in [5, 5.41) is 9.91. The number of aldehydes is 1. The molecule has 4 nitrogen and oxygen atoms in total.